The van der Waals surface area contributed by atoms with Crippen LogP contribution in [0.5, 0.6) is 0 Å². The Morgan fingerprint density at radius 3 is 1.65 bits per heavy atom. The zero-order valence-corrected chi connectivity index (χ0v) is 25.1. The molecule has 9 aromatic rings. The molecule has 0 radical (unpaired) electrons. The highest BCUT2D eigenvalue weighted by Crippen LogP contribution is 2.42. The summed E-state index contributed by atoms with van der Waals surface area (Å²) in [5.74, 6) is 1.85. The van der Waals surface area contributed by atoms with Crippen molar-refractivity contribution in [1.29, 1.82) is 0 Å². The fraction of sp³-hybridized carbons (Fsp3) is 0. The van der Waals surface area contributed by atoms with E-state index in [0.29, 0.717) is 28.3 Å². The standard InChI is InChI=1S/C40H23ClN4O/c41-35-23-32(36-33-21-26-15-7-8-16-27(26)22-34(33)46-40(36)42-35)30-19-20-31(29-18-10-9-17-28(29)30)39-44-37(24-11-3-1-4-12-24)43-38(45-39)25-13-5-2-6-14-25/h1-23H. The molecular weight excluding hydrogens is 588 g/mol. The molecule has 0 amide bonds. The fourth-order valence-corrected chi connectivity index (χ4v) is 6.49. The monoisotopic (exact) mass is 610 g/mol. The maximum atomic E-state index is 6.64. The van der Waals surface area contributed by atoms with Crippen molar-refractivity contribution >= 4 is 55.2 Å². The summed E-state index contributed by atoms with van der Waals surface area (Å²) in [6.07, 6.45) is 0. The van der Waals surface area contributed by atoms with Crippen molar-refractivity contribution in [2.45, 2.75) is 0 Å². The minimum absolute atomic E-state index is 0.372. The summed E-state index contributed by atoms with van der Waals surface area (Å²) in [6.45, 7) is 0. The van der Waals surface area contributed by atoms with Crippen LogP contribution in [-0.4, -0.2) is 19.9 Å². The Kier molecular flexibility index (Phi) is 6.11. The highest BCUT2D eigenvalue weighted by Gasteiger charge is 2.20. The topological polar surface area (TPSA) is 64.7 Å². The lowest BCUT2D eigenvalue weighted by Gasteiger charge is -2.14. The Morgan fingerprint density at radius 1 is 0.435 bits per heavy atom. The first-order valence-corrected chi connectivity index (χ1v) is 15.4. The van der Waals surface area contributed by atoms with E-state index in [0.717, 1.165) is 65.7 Å². The van der Waals surface area contributed by atoms with Crippen LogP contribution in [0.4, 0.5) is 0 Å². The molecule has 0 spiro atoms. The Balaban J connectivity index is 1.29. The van der Waals surface area contributed by atoms with Gasteiger partial charge in [-0.15, -0.1) is 0 Å². The van der Waals surface area contributed by atoms with Gasteiger partial charge in [0, 0.05) is 22.1 Å². The van der Waals surface area contributed by atoms with Crippen LogP contribution in [0.1, 0.15) is 0 Å². The Bertz CT molecular complexity index is 2540. The first-order valence-electron chi connectivity index (χ1n) is 15.0. The number of pyridine rings is 1. The average Bonchev–Trinajstić information content (AvgIpc) is 3.47. The highest BCUT2D eigenvalue weighted by atomic mass is 35.5. The molecule has 0 aliphatic rings. The number of furan rings is 1. The lowest BCUT2D eigenvalue weighted by atomic mass is 9.92. The molecule has 46 heavy (non-hydrogen) atoms. The Morgan fingerprint density at radius 2 is 0.978 bits per heavy atom. The van der Waals surface area contributed by atoms with Gasteiger partial charge in [0.05, 0.1) is 5.39 Å². The van der Waals surface area contributed by atoms with E-state index in [9.17, 15) is 0 Å². The quantitative estimate of drug-likeness (QED) is 0.185. The molecule has 3 heterocycles. The minimum Gasteiger partial charge on any atom is -0.438 e. The molecule has 0 saturated carbocycles. The first kappa shape index (κ1) is 26.5. The van der Waals surface area contributed by atoms with Gasteiger partial charge < -0.3 is 4.42 Å². The van der Waals surface area contributed by atoms with E-state index in [1.54, 1.807) is 0 Å². The molecule has 0 saturated heterocycles. The van der Waals surface area contributed by atoms with Gasteiger partial charge >= 0.3 is 0 Å². The van der Waals surface area contributed by atoms with Gasteiger partial charge in [-0.2, -0.15) is 0 Å². The van der Waals surface area contributed by atoms with Gasteiger partial charge in [0.1, 0.15) is 10.7 Å². The summed E-state index contributed by atoms with van der Waals surface area (Å²) in [6, 6.07) is 47.0. The van der Waals surface area contributed by atoms with E-state index < -0.39 is 0 Å². The van der Waals surface area contributed by atoms with Gasteiger partial charge in [-0.1, -0.05) is 127 Å². The Hall–Kier alpha value is -5.91. The number of fused-ring (bicyclic) bond motifs is 5. The number of hydrogen-bond donors (Lipinski definition) is 0. The number of aromatic nitrogens is 4. The maximum absolute atomic E-state index is 6.64. The average molecular weight is 611 g/mol. The molecule has 0 aliphatic carbocycles. The molecule has 0 fully saturated rings. The van der Waals surface area contributed by atoms with Gasteiger partial charge in [0.15, 0.2) is 17.5 Å². The van der Waals surface area contributed by atoms with Gasteiger partial charge in [0.25, 0.3) is 0 Å². The van der Waals surface area contributed by atoms with E-state index in [1.807, 2.05) is 84.9 Å². The maximum Gasteiger partial charge on any atom is 0.229 e. The third-order valence-corrected chi connectivity index (χ3v) is 8.63. The van der Waals surface area contributed by atoms with E-state index in [4.69, 9.17) is 31.0 Å². The van der Waals surface area contributed by atoms with E-state index in [-0.39, 0.29) is 0 Å². The molecule has 3 aromatic heterocycles. The molecule has 6 heteroatoms. The number of hydrogen-bond acceptors (Lipinski definition) is 5. The summed E-state index contributed by atoms with van der Waals surface area (Å²) >= 11 is 6.64. The van der Waals surface area contributed by atoms with E-state index in [1.165, 1.54) is 0 Å². The Labute approximate surface area is 268 Å². The minimum atomic E-state index is 0.372. The van der Waals surface area contributed by atoms with Crippen molar-refractivity contribution < 1.29 is 4.42 Å². The first-order chi connectivity index (χ1) is 22.7. The summed E-state index contributed by atoms with van der Waals surface area (Å²) < 4.78 is 6.30. The molecule has 0 unspecified atom stereocenters. The number of halogens is 1. The smallest absolute Gasteiger partial charge is 0.229 e. The van der Waals surface area contributed by atoms with Crippen molar-refractivity contribution in [3.63, 3.8) is 0 Å². The lowest BCUT2D eigenvalue weighted by Crippen LogP contribution is -2.00. The van der Waals surface area contributed by atoms with Crippen LogP contribution in [0, 0.1) is 0 Å². The second-order valence-corrected chi connectivity index (χ2v) is 11.6. The highest BCUT2D eigenvalue weighted by molar-refractivity contribution is 6.31. The zero-order chi connectivity index (χ0) is 30.6. The van der Waals surface area contributed by atoms with Gasteiger partial charge in [-0.3, -0.25) is 0 Å². The molecule has 0 bridgehead atoms. The van der Waals surface area contributed by atoms with Gasteiger partial charge in [-0.25, -0.2) is 19.9 Å². The molecule has 5 nitrogen and oxygen atoms in total. The van der Waals surface area contributed by atoms with Crippen LogP contribution in [0.2, 0.25) is 5.15 Å². The molecule has 6 aromatic carbocycles. The SMILES string of the molecule is Clc1cc(-c2ccc(-c3nc(-c4ccccc4)nc(-c4ccccc4)n3)c3ccccc23)c2c(n1)oc1cc3ccccc3cc12. The summed E-state index contributed by atoms with van der Waals surface area (Å²) in [5, 5.41) is 6.61. The largest absolute Gasteiger partial charge is 0.438 e. The van der Waals surface area contributed by atoms with Crippen molar-refractivity contribution in [3.8, 4) is 45.3 Å². The molecular formula is C40H23ClN4O. The van der Waals surface area contributed by atoms with Crippen molar-refractivity contribution in [2.24, 2.45) is 0 Å². The third-order valence-electron chi connectivity index (χ3n) is 8.43. The molecule has 216 valence electrons. The fourth-order valence-electron chi connectivity index (χ4n) is 6.30. The lowest BCUT2D eigenvalue weighted by molar-refractivity contribution is 0.655. The van der Waals surface area contributed by atoms with Gasteiger partial charge in [-0.05, 0) is 56.9 Å². The molecule has 0 N–H and O–H groups in total. The molecule has 0 aliphatic heterocycles. The summed E-state index contributed by atoms with van der Waals surface area (Å²) in [7, 11) is 0. The number of rotatable bonds is 4. The van der Waals surface area contributed by atoms with Crippen LogP contribution in [0.25, 0.3) is 88.9 Å². The zero-order valence-electron chi connectivity index (χ0n) is 24.4. The van der Waals surface area contributed by atoms with E-state index >= 15 is 0 Å². The molecule has 0 atom stereocenters. The van der Waals surface area contributed by atoms with Crippen molar-refractivity contribution in [3.05, 3.63) is 145 Å². The second-order valence-electron chi connectivity index (χ2n) is 11.2. The third kappa shape index (κ3) is 4.40. The van der Waals surface area contributed by atoms with Crippen LogP contribution in [0.3, 0.4) is 0 Å². The predicted octanol–water partition coefficient (Wildman–Crippen LogP) is 10.8. The predicted molar refractivity (Wildman–Crippen MR) is 187 cm³/mol. The summed E-state index contributed by atoms with van der Waals surface area (Å²) in [5.41, 5.74) is 6.03. The number of benzene rings is 6. The second kappa shape index (κ2) is 10.6. The normalized spacial score (nSPS) is 11.6. The van der Waals surface area contributed by atoms with Gasteiger partial charge in [0.2, 0.25) is 5.71 Å². The molecule has 9 rings (SSSR count). The number of nitrogens with zero attached hydrogens (tertiary/aromatic N) is 4. The van der Waals surface area contributed by atoms with Crippen LogP contribution < -0.4 is 0 Å². The van der Waals surface area contributed by atoms with Crippen LogP contribution >= 0.6 is 11.6 Å². The van der Waals surface area contributed by atoms with Crippen molar-refractivity contribution in [2.75, 3.05) is 0 Å². The summed E-state index contributed by atoms with van der Waals surface area (Å²) in [4.78, 5) is 19.5. The van der Waals surface area contributed by atoms with Crippen LogP contribution in [0.15, 0.2) is 144 Å². The van der Waals surface area contributed by atoms with Crippen LogP contribution in [-0.2, 0) is 0 Å². The van der Waals surface area contributed by atoms with E-state index in [2.05, 4.69) is 59.6 Å². The van der Waals surface area contributed by atoms with Crippen molar-refractivity contribution in [1.82, 2.24) is 19.9 Å².